The van der Waals surface area contributed by atoms with E-state index in [0.717, 1.165) is 12.1 Å². The fourth-order valence-corrected chi connectivity index (χ4v) is 1.01. The van der Waals surface area contributed by atoms with Gasteiger partial charge in [-0.05, 0) is 18.2 Å². The van der Waals surface area contributed by atoms with Crippen LogP contribution < -0.4 is 39.4 Å². The SMILES string of the molecule is COc1ccc(C(=O)[O-])c(C(=O)O)c1.[Na+]. The van der Waals surface area contributed by atoms with Crippen molar-refractivity contribution < 1.29 is 54.1 Å². The molecular formula is C9H7NaO5. The van der Waals surface area contributed by atoms with Gasteiger partial charge in [0.05, 0.1) is 18.6 Å². The Bertz CT molecular complexity index is 388. The van der Waals surface area contributed by atoms with Crippen molar-refractivity contribution in [3.63, 3.8) is 0 Å². The van der Waals surface area contributed by atoms with Crippen molar-refractivity contribution in [2.45, 2.75) is 0 Å². The van der Waals surface area contributed by atoms with Crippen LogP contribution in [0.15, 0.2) is 18.2 Å². The number of carbonyl (C=O) groups excluding carboxylic acids is 1. The Hall–Kier alpha value is -1.04. The Morgan fingerprint density at radius 2 is 1.93 bits per heavy atom. The number of ether oxygens (including phenoxy) is 1. The molecule has 0 saturated carbocycles. The van der Waals surface area contributed by atoms with Crippen molar-refractivity contribution in [2.24, 2.45) is 0 Å². The number of hydrogen-bond acceptors (Lipinski definition) is 4. The second-order valence-corrected chi connectivity index (χ2v) is 2.50. The number of methoxy groups -OCH3 is 1. The number of hydrogen-bond donors (Lipinski definition) is 1. The molecule has 0 bridgehead atoms. The maximum Gasteiger partial charge on any atom is 1.00 e. The molecule has 0 aliphatic rings. The Balaban J connectivity index is 0.00000196. The largest absolute Gasteiger partial charge is 1.00 e. The fraction of sp³-hybridized carbons (Fsp3) is 0.111. The van der Waals surface area contributed by atoms with E-state index in [1.165, 1.54) is 13.2 Å². The zero-order chi connectivity index (χ0) is 10.7. The van der Waals surface area contributed by atoms with E-state index in [1.54, 1.807) is 0 Å². The molecule has 0 spiro atoms. The molecule has 0 atom stereocenters. The van der Waals surface area contributed by atoms with Crippen molar-refractivity contribution in [3.05, 3.63) is 29.3 Å². The third kappa shape index (κ3) is 3.23. The Morgan fingerprint density at radius 1 is 1.33 bits per heavy atom. The Kier molecular flexibility index (Phi) is 5.35. The molecule has 0 aliphatic carbocycles. The van der Waals surface area contributed by atoms with Gasteiger partial charge in [0.2, 0.25) is 0 Å². The molecule has 1 aromatic carbocycles. The third-order valence-corrected chi connectivity index (χ3v) is 1.68. The first-order valence-corrected chi connectivity index (χ1v) is 3.69. The van der Waals surface area contributed by atoms with Gasteiger partial charge in [0.1, 0.15) is 5.75 Å². The third-order valence-electron chi connectivity index (χ3n) is 1.68. The van der Waals surface area contributed by atoms with Crippen LogP contribution in [0.4, 0.5) is 0 Å². The molecule has 15 heavy (non-hydrogen) atoms. The van der Waals surface area contributed by atoms with Gasteiger partial charge in [-0.2, -0.15) is 0 Å². The molecule has 0 aromatic heterocycles. The van der Waals surface area contributed by atoms with Crippen LogP contribution in [0, 0.1) is 0 Å². The molecule has 0 heterocycles. The molecule has 0 radical (unpaired) electrons. The summed E-state index contributed by atoms with van der Waals surface area (Å²) in [6.07, 6.45) is 0. The molecule has 1 rings (SSSR count). The smallest absolute Gasteiger partial charge is 0.545 e. The standard InChI is InChI=1S/C9H8O5.Na/c1-14-5-2-3-6(8(10)11)7(4-5)9(12)13;/h2-4H,1H3,(H,10,11)(H,12,13);/q;+1/p-1. The van der Waals surface area contributed by atoms with Gasteiger partial charge in [0.15, 0.2) is 0 Å². The summed E-state index contributed by atoms with van der Waals surface area (Å²) < 4.78 is 4.76. The molecule has 5 nitrogen and oxygen atoms in total. The number of carbonyl (C=O) groups is 2. The summed E-state index contributed by atoms with van der Waals surface area (Å²) in [6.45, 7) is 0. The van der Waals surface area contributed by atoms with E-state index < -0.39 is 11.9 Å². The van der Waals surface area contributed by atoms with Crippen LogP contribution in [-0.2, 0) is 0 Å². The maximum absolute atomic E-state index is 10.6. The summed E-state index contributed by atoms with van der Waals surface area (Å²) in [4.78, 5) is 21.2. The monoisotopic (exact) mass is 218 g/mol. The van der Waals surface area contributed by atoms with Gasteiger partial charge in [0.25, 0.3) is 0 Å². The second kappa shape index (κ2) is 5.75. The summed E-state index contributed by atoms with van der Waals surface area (Å²) >= 11 is 0. The van der Waals surface area contributed by atoms with E-state index in [1.807, 2.05) is 0 Å². The fourth-order valence-electron chi connectivity index (χ4n) is 1.01. The van der Waals surface area contributed by atoms with E-state index in [-0.39, 0.29) is 46.4 Å². The van der Waals surface area contributed by atoms with Crippen LogP contribution in [0.2, 0.25) is 0 Å². The molecule has 1 N–H and O–H groups in total. The molecule has 0 unspecified atom stereocenters. The van der Waals surface area contributed by atoms with Gasteiger partial charge in [-0.25, -0.2) is 4.79 Å². The minimum absolute atomic E-state index is 0. The summed E-state index contributed by atoms with van der Waals surface area (Å²) in [6, 6.07) is 3.63. The van der Waals surface area contributed by atoms with Gasteiger partial charge in [0, 0.05) is 5.56 Å². The van der Waals surface area contributed by atoms with Gasteiger partial charge >= 0.3 is 35.5 Å². The van der Waals surface area contributed by atoms with Gasteiger partial charge < -0.3 is 19.7 Å². The molecule has 6 heteroatoms. The summed E-state index contributed by atoms with van der Waals surface area (Å²) in [5.41, 5.74) is -0.706. The van der Waals surface area contributed by atoms with Crippen LogP contribution in [-0.4, -0.2) is 24.2 Å². The van der Waals surface area contributed by atoms with E-state index in [2.05, 4.69) is 0 Å². The molecule has 0 fully saturated rings. The number of aromatic carboxylic acids is 2. The van der Waals surface area contributed by atoms with Crippen molar-refractivity contribution in [2.75, 3.05) is 7.11 Å². The maximum atomic E-state index is 10.6. The quantitative estimate of drug-likeness (QED) is 0.539. The van der Waals surface area contributed by atoms with Crippen LogP contribution in [0.1, 0.15) is 20.7 Å². The van der Waals surface area contributed by atoms with E-state index in [0.29, 0.717) is 0 Å². The average molecular weight is 218 g/mol. The van der Waals surface area contributed by atoms with Crippen LogP contribution >= 0.6 is 0 Å². The summed E-state index contributed by atoms with van der Waals surface area (Å²) in [5, 5.41) is 19.2. The molecular weight excluding hydrogens is 211 g/mol. The van der Waals surface area contributed by atoms with Crippen molar-refractivity contribution in [1.82, 2.24) is 0 Å². The summed E-state index contributed by atoms with van der Waals surface area (Å²) in [5.74, 6) is -2.57. The van der Waals surface area contributed by atoms with Gasteiger partial charge in [-0.1, -0.05) is 0 Å². The molecule has 0 amide bonds. The summed E-state index contributed by atoms with van der Waals surface area (Å²) in [7, 11) is 1.36. The minimum atomic E-state index is -1.52. The molecule has 0 aliphatic heterocycles. The number of benzene rings is 1. The zero-order valence-corrected chi connectivity index (χ0v) is 10.3. The van der Waals surface area contributed by atoms with E-state index in [9.17, 15) is 14.7 Å². The predicted molar refractivity (Wildman–Crippen MR) is 44.3 cm³/mol. The second-order valence-electron chi connectivity index (χ2n) is 2.50. The Labute approximate surface area is 108 Å². The van der Waals surface area contributed by atoms with Crippen LogP contribution in [0.3, 0.4) is 0 Å². The molecule has 0 saturated heterocycles. The average Bonchev–Trinajstić information content (AvgIpc) is 2.16. The normalized spacial score (nSPS) is 8.87. The predicted octanol–water partition coefficient (Wildman–Crippen LogP) is -3.24. The van der Waals surface area contributed by atoms with Crippen molar-refractivity contribution in [1.29, 1.82) is 0 Å². The van der Waals surface area contributed by atoms with E-state index >= 15 is 0 Å². The topological polar surface area (TPSA) is 86.7 Å². The molecule has 74 valence electrons. The minimum Gasteiger partial charge on any atom is -0.545 e. The van der Waals surface area contributed by atoms with Crippen LogP contribution in [0.25, 0.3) is 0 Å². The Morgan fingerprint density at radius 3 is 2.33 bits per heavy atom. The number of rotatable bonds is 3. The first kappa shape index (κ1) is 14.0. The van der Waals surface area contributed by atoms with Crippen molar-refractivity contribution in [3.8, 4) is 5.75 Å². The molecule has 1 aromatic rings. The zero-order valence-electron chi connectivity index (χ0n) is 8.31. The number of carboxylic acid groups (broad SMARTS) is 2. The van der Waals surface area contributed by atoms with E-state index in [4.69, 9.17) is 9.84 Å². The first-order valence-electron chi connectivity index (χ1n) is 3.69. The van der Waals surface area contributed by atoms with Crippen molar-refractivity contribution >= 4 is 11.9 Å². The number of carboxylic acids is 2. The van der Waals surface area contributed by atoms with Crippen LogP contribution in [0.5, 0.6) is 5.75 Å². The van der Waals surface area contributed by atoms with Gasteiger partial charge in [-0.15, -0.1) is 0 Å². The first-order chi connectivity index (χ1) is 6.56. The van der Waals surface area contributed by atoms with Gasteiger partial charge in [-0.3, -0.25) is 0 Å².